The minimum absolute atomic E-state index is 0.0265. The van der Waals surface area contributed by atoms with Crippen molar-refractivity contribution in [2.24, 2.45) is 0 Å². The highest BCUT2D eigenvalue weighted by Gasteiger charge is 2.30. The van der Waals surface area contributed by atoms with Crippen molar-refractivity contribution in [1.29, 1.82) is 0 Å². The van der Waals surface area contributed by atoms with Crippen LogP contribution in [0.1, 0.15) is 24.0 Å². The number of aryl methyl sites for hydroxylation is 2. The van der Waals surface area contributed by atoms with Gasteiger partial charge in [0.1, 0.15) is 5.52 Å². The first-order valence-corrected chi connectivity index (χ1v) is 10.6. The fraction of sp³-hybridized carbons (Fsp3) is 0.350. The lowest BCUT2D eigenvalue weighted by atomic mass is 10.2. The SMILES string of the molecule is Cc1ccc(S(=O)(=O)NCC2CCCN2c2nc3ccccc3o2)c(C)c1. The molecule has 1 atom stereocenters. The van der Waals surface area contributed by atoms with Gasteiger partial charge in [0.05, 0.1) is 4.90 Å². The van der Waals surface area contributed by atoms with Crippen molar-refractivity contribution in [2.45, 2.75) is 37.6 Å². The summed E-state index contributed by atoms with van der Waals surface area (Å²) in [6.07, 6.45) is 1.88. The Morgan fingerprint density at radius 1 is 1.22 bits per heavy atom. The molecule has 0 aliphatic carbocycles. The van der Waals surface area contributed by atoms with Crippen LogP contribution in [0.5, 0.6) is 0 Å². The van der Waals surface area contributed by atoms with Crippen molar-refractivity contribution >= 4 is 27.1 Å². The summed E-state index contributed by atoms with van der Waals surface area (Å²) in [7, 11) is -3.55. The summed E-state index contributed by atoms with van der Waals surface area (Å²) < 4.78 is 34.1. The number of anilines is 1. The molecular formula is C20H23N3O3S. The normalized spacial score (nSPS) is 17.7. The van der Waals surface area contributed by atoms with Crippen LogP contribution >= 0.6 is 0 Å². The van der Waals surface area contributed by atoms with E-state index in [0.717, 1.165) is 41.6 Å². The van der Waals surface area contributed by atoms with E-state index in [0.29, 0.717) is 17.5 Å². The van der Waals surface area contributed by atoms with Gasteiger partial charge in [-0.05, 0) is 50.5 Å². The summed E-state index contributed by atoms with van der Waals surface area (Å²) in [6.45, 7) is 4.91. The van der Waals surface area contributed by atoms with Crippen molar-refractivity contribution < 1.29 is 12.8 Å². The fourth-order valence-electron chi connectivity index (χ4n) is 3.67. The predicted molar refractivity (Wildman–Crippen MR) is 105 cm³/mol. The monoisotopic (exact) mass is 385 g/mol. The maximum Gasteiger partial charge on any atom is 0.298 e. The zero-order chi connectivity index (χ0) is 19.0. The number of hydrogen-bond acceptors (Lipinski definition) is 5. The minimum Gasteiger partial charge on any atom is -0.423 e. The zero-order valence-electron chi connectivity index (χ0n) is 15.5. The third-order valence-corrected chi connectivity index (χ3v) is 6.62. The topological polar surface area (TPSA) is 75.4 Å². The summed E-state index contributed by atoms with van der Waals surface area (Å²) in [5, 5.41) is 0. The Labute approximate surface area is 159 Å². The van der Waals surface area contributed by atoms with Crippen LogP contribution in [0.3, 0.4) is 0 Å². The largest absolute Gasteiger partial charge is 0.423 e. The van der Waals surface area contributed by atoms with Crippen molar-refractivity contribution in [3.8, 4) is 0 Å². The smallest absolute Gasteiger partial charge is 0.298 e. The van der Waals surface area contributed by atoms with Gasteiger partial charge in [0.15, 0.2) is 5.58 Å². The standard InChI is InChI=1S/C20H23N3O3S/c1-14-9-10-19(15(2)12-14)27(24,25)21-13-16-6-5-11-23(16)20-22-17-7-3-4-8-18(17)26-20/h3-4,7-10,12,16,21H,5-6,11,13H2,1-2H3. The van der Waals surface area contributed by atoms with Crippen molar-refractivity contribution in [1.82, 2.24) is 9.71 Å². The summed E-state index contributed by atoms with van der Waals surface area (Å²) in [5.41, 5.74) is 3.36. The summed E-state index contributed by atoms with van der Waals surface area (Å²) in [5.74, 6) is 0. The van der Waals surface area contributed by atoms with Gasteiger partial charge in [-0.3, -0.25) is 0 Å². The molecule has 0 spiro atoms. The highest BCUT2D eigenvalue weighted by Crippen LogP contribution is 2.28. The molecule has 27 heavy (non-hydrogen) atoms. The molecule has 142 valence electrons. The molecule has 1 aliphatic heterocycles. The molecule has 7 heteroatoms. The van der Waals surface area contributed by atoms with Crippen LogP contribution in [-0.4, -0.2) is 32.5 Å². The third-order valence-electron chi connectivity index (χ3n) is 5.03. The second kappa shape index (κ2) is 6.98. The number of para-hydroxylation sites is 2. The van der Waals surface area contributed by atoms with E-state index in [1.54, 1.807) is 6.07 Å². The van der Waals surface area contributed by atoms with Crippen LogP contribution in [-0.2, 0) is 10.0 Å². The van der Waals surface area contributed by atoms with E-state index < -0.39 is 10.0 Å². The molecule has 0 saturated carbocycles. The molecule has 3 aromatic rings. The van der Waals surface area contributed by atoms with Crippen LogP contribution < -0.4 is 9.62 Å². The van der Waals surface area contributed by atoms with Crippen LogP contribution in [0, 0.1) is 13.8 Å². The van der Waals surface area contributed by atoms with Gasteiger partial charge in [-0.2, -0.15) is 4.98 Å². The van der Waals surface area contributed by atoms with E-state index in [1.165, 1.54) is 0 Å². The number of sulfonamides is 1. The molecular weight excluding hydrogens is 362 g/mol. The van der Waals surface area contributed by atoms with E-state index in [1.807, 2.05) is 50.2 Å². The summed E-state index contributed by atoms with van der Waals surface area (Å²) in [6, 6.07) is 13.6. The van der Waals surface area contributed by atoms with Gasteiger partial charge in [0, 0.05) is 19.1 Å². The lowest BCUT2D eigenvalue weighted by Crippen LogP contribution is -2.40. The Balaban J connectivity index is 1.51. The number of aromatic nitrogens is 1. The maximum absolute atomic E-state index is 12.7. The second-order valence-corrected chi connectivity index (χ2v) is 8.81. The van der Waals surface area contributed by atoms with Crippen molar-refractivity contribution in [3.05, 3.63) is 53.6 Å². The lowest BCUT2D eigenvalue weighted by Gasteiger charge is -2.23. The second-order valence-electron chi connectivity index (χ2n) is 7.07. The van der Waals surface area contributed by atoms with E-state index in [4.69, 9.17) is 4.42 Å². The van der Waals surface area contributed by atoms with E-state index in [9.17, 15) is 8.42 Å². The van der Waals surface area contributed by atoms with Gasteiger partial charge in [-0.1, -0.05) is 29.8 Å². The Kier molecular flexibility index (Phi) is 4.65. The number of benzene rings is 2. The first-order valence-electron chi connectivity index (χ1n) is 9.13. The minimum atomic E-state index is -3.55. The maximum atomic E-state index is 12.7. The molecule has 2 heterocycles. The highest BCUT2D eigenvalue weighted by atomic mass is 32.2. The van der Waals surface area contributed by atoms with Crippen molar-refractivity contribution in [3.63, 3.8) is 0 Å². The number of oxazole rings is 1. The number of fused-ring (bicyclic) bond motifs is 1. The van der Waals surface area contributed by atoms with Crippen LogP contribution in [0.25, 0.3) is 11.1 Å². The Morgan fingerprint density at radius 2 is 2.04 bits per heavy atom. The first-order chi connectivity index (χ1) is 12.9. The van der Waals surface area contributed by atoms with E-state index >= 15 is 0 Å². The average molecular weight is 385 g/mol. The molecule has 0 amide bonds. The van der Waals surface area contributed by atoms with Crippen molar-refractivity contribution in [2.75, 3.05) is 18.0 Å². The van der Waals surface area contributed by atoms with Gasteiger partial charge in [-0.25, -0.2) is 13.1 Å². The van der Waals surface area contributed by atoms with E-state index in [2.05, 4.69) is 14.6 Å². The molecule has 4 rings (SSSR count). The lowest BCUT2D eigenvalue weighted by molar-refractivity contribution is 0.533. The molecule has 1 unspecified atom stereocenters. The summed E-state index contributed by atoms with van der Waals surface area (Å²) in [4.78, 5) is 6.95. The Morgan fingerprint density at radius 3 is 2.81 bits per heavy atom. The van der Waals surface area contributed by atoms with Gasteiger partial charge < -0.3 is 9.32 Å². The average Bonchev–Trinajstić information content (AvgIpc) is 3.26. The predicted octanol–water partition coefficient (Wildman–Crippen LogP) is 3.39. The highest BCUT2D eigenvalue weighted by molar-refractivity contribution is 7.89. The molecule has 1 fully saturated rings. The number of rotatable bonds is 5. The molecule has 2 aromatic carbocycles. The molecule has 1 aliphatic rings. The van der Waals surface area contributed by atoms with Gasteiger partial charge in [0.2, 0.25) is 10.0 Å². The molecule has 0 bridgehead atoms. The summed E-state index contributed by atoms with van der Waals surface area (Å²) >= 11 is 0. The molecule has 6 nitrogen and oxygen atoms in total. The third kappa shape index (κ3) is 3.57. The molecule has 0 radical (unpaired) electrons. The van der Waals surface area contributed by atoms with Crippen LogP contribution in [0.4, 0.5) is 6.01 Å². The van der Waals surface area contributed by atoms with Crippen LogP contribution in [0.15, 0.2) is 51.8 Å². The first kappa shape index (κ1) is 18.0. The zero-order valence-corrected chi connectivity index (χ0v) is 16.3. The van der Waals surface area contributed by atoms with Gasteiger partial charge >= 0.3 is 0 Å². The number of hydrogen-bond donors (Lipinski definition) is 1. The van der Waals surface area contributed by atoms with E-state index in [-0.39, 0.29) is 6.04 Å². The van der Waals surface area contributed by atoms with Gasteiger partial charge in [-0.15, -0.1) is 0 Å². The molecule has 1 N–H and O–H groups in total. The number of nitrogens with one attached hydrogen (secondary N) is 1. The number of nitrogens with zero attached hydrogens (tertiary/aromatic N) is 2. The molecule has 1 aromatic heterocycles. The fourth-order valence-corrected chi connectivity index (χ4v) is 4.96. The molecule has 1 saturated heterocycles. The van der Waals surface area contributed by atoms with Gasteiger partial charge in [0.25, 0.3) is 6.01 Å². The Hall–Kier alpha value is -2.38. The Bertz CT molecular complexity index is 1040. The van der Waals surface area contributed by atoms with Crippen LogP contribution in [0.2, 0.25) is 0 Å². The quantitative estimate of drug-likeness (QED) is 0.729.